The molecule has 1 fully saturated rings. The molecule has 2 radical (unpaired) electrons. The van der Waals surface area contributed by atoms with E-state index in [1.54, 1.807) is 7.11 Å². The normalized spacial score (nSPS) is 42.9. The quantitative estimate of drug-likeness (QED) is 0.558. The first kappa shape index (κ1) is 10.0. The molecule has 68 valence electrons. The van der Waals surface area contributed by atoms with Crippen LogP contribution in [0.3, 0.4) is 0 Å². The van der Waals surface area contributed by atoms with Gasteiger partial charge in [0.1, 0.15) is 13.4 Å². The fraction of sp³-hybridized carbons (Fsp3) is 1.00. The molecule has 0 aromatic rings. The van der Waals surface area contributed by atoms with Gasteiger partial charge < -0.3 is 14.2 Å². The van der Waals surface area contributed by atoms with Crippen LogP contribution in [0.1, 0.15) is 13.8 Å². The Kier molecular flexibility index (Phi) is 3.15. The Labute approximate surface area is 74.8 Å². The Morgan fingerprint density at radius 1 is 1.67 bits per heavy atom. The van der Waals surface area contributed by atoms with E-state index in [4.69, 9.17) is 22.1 Å². The zero-order valence-electron chi connectivity index (χ0n) is 7.87. The Morgan fingerprint density at radius 3 is 2.83 bits per heavy atom. The van der Waals surface area contributed by atoms with Crippen LogP contribution in [0.15, 0.2) is 0 Å². The highest BCUT2D eigenvalue weighted by atomic mass is 16.6. The monoisotopic (exact) mass is 170 g/mol. The number of methoxy groups -OCH3 is 1. The maximum atomic E-state index is 5.68. The van der Waals surface area contributed by atoms with E-state index in [1.165, 1.54) is 0 Å². The van der Waals surface area contributed by atoms with Gasteiger partial charge in [0.2, 0.25) is 0 Å². The van der Waals surface area contributed by atoms with E-state index < -0.39 is 0 Å². The molecule has 0 bridgehead atoms. The lowest BCUT2D eigenvalue weighted by atomic mass is 9.92. The zero-order valence-corrected chi connectivity index (χ0v) is 7.87. The highest BCUT2D eigenvalue weighted by Crippen LogP contribution is 2.21. The third-order valence-corrected chi connectivity index (χ3v) is 1.98. The van der Waals surface area contributed by atoms with Gasteiger partial charge in [-0.1, -0.05) is 0 Å². The van der Waals surface area contributed by atoms with Crippen LogP contribution in [0.4, 0.5) is 0 Å². The average Bonchev–Trinajstić information content (AvgIpc) is 1.98. The second-order valence-electron chi connectivity index (χ2n) is 3.48. The highest BCUT2D eigenvalue weighted by molar-refractivity contribution is 6.11. The van der Waals surface area contributed by atoms with Gasteiger partial charge in [0.15, 0.2) is 0 Å². The summed E-state index contributed by atoms with van der Waals surface area (Å²) in [5.41, 5.74) is -0.388. The maximum absolute atomic E-state index is 5.68. The van der Waals surface area contributed by atoms with E-state index in [2.05, 4.69) is 0 Å². The van der Waals surface area contributed by atoms with Gasteiger partial charge in [-0.15, -0.1) is 0 Å². The standard InChI is InChI=1S/C8H15BO3/c1-6-7(9)12-8(2,4-10-3)5-11-6/h6-7H,4-5H2,1-3H3/t6?,7-,8-/m1/s1. The van der Waals surface area contributed by atoms with E-state index in [-0.39, 0.29) is 17.7 Å². The molecule has 0 spiro atoms. The van der Waals surface area contributed by atoms with E-state index in [0.717, 1.165) is 0 Å². The molecule has 12 heavy (non-hydrogen) atoms. The summed E-state index contributed by atoms with van der Waals surface area (Å²) in [5.74, 6) is 0. The average molecular weight is 170 g/mol. The fourth-order valence-corrected chi connectivity index (χ4v) is 1.24. The number of rotatable bonds is 2. The van der Waals surface area contributed by atoms with Crippen LogP contribution in [0.25, 0.3) is 0 Å². The second kappa shape index (κ2) is 3.77. The van der Waals surface area contributed by atoms with Crippen LogP contribution in [0, 0.1) is 0 Å². The van der Waals surface area contributed by atoms with Gasteiger partial charge in [-0.05, 0) is 13.8 Å². The number of hydrogen-bond acceptors (Lipinski definition) is 3. The van der Waals surface area contributed by atoms with Crippen molar-refractivity contribution in [2.24, 2.45) is 0 Å². The Morgan fingerprint density at radius 2 is 2.33 bits per heavy atom. The van der Waals surface area contributed by atoms with E-state index in [9.17, 15) is 0 Å². The van der Waals surface area contributed by atoms with Crippen LogP contribution >= 0.6 is 0 Å². The van der Waals surface area contributed by atoms with Crippen LogP contribution in [-0.4, -0.2) is 45.9 Å². The van der Waals surface area contributed by atoms with Crippen LogP contribution < -0.4 is 0 Å². The fourth-order valence-electron chi connectivity index (χ4n) is 1.24. The summed E-state index contributed by atoms with van der Waals surface area (Å²) in [6, 6.07) is -0.348. The van der Waals surface area contributed by atoms with E-state index in [1.807, 2.05) is 13.8 Å². The van der Waals surface area contributed by atoms with Crippen molar-refractivity contribution in [2.45, 2.75) is 31.6 Å². The molecule has 0 amide bonds. The van der Waals surface area contributed by atoms with Crippen molar-refractivity contribution >= 4 is 7.85 Å². The van der Waals surface area contributed by atoms with Crippen molar-refractivity contribution < 1.29 is 14.2 Å². The Bertz CT molecular complexity index is 153. The molecular weight excluding hydrogens is 155 g/mol. The van der Waals surface area contributed by atoms with Gasteiger partial charge in [0.25, 0.3) is 0 Å². The van der Waals surface area contributed by atoms with Crippen molar-refractivity contribution in [3.8, 4) is 0 Å². The molecule has 3 nitrogen and oxygen atoms in total. The Balaban J connectivity index is 2.48. The molecule has 1 unspecified atom stereocenters. The minimum atomic E-state index is -0.388. The van der Waals surface area contributed by atoms with Crippen LogP contribution in [0.5, 0.6) is 0 Å². The van der Waals surface area contributed by atoms with E-state index >= 15 is 0 Å². The van der Waals surface area contributed by atoms with Gasteiger partial charge in [0, 0.05) is 13.1 Å². The molecule has 0 saturated carbocycles. The molecule has 1 rings (SSSR count). The minimum absolute atomic E-state index is 0.0325. The molecule has 1 aliphatic rings. The Hall–Kier alpha value is -0.0551. The van der Waals surface area contributed by atoms with Gasteiger partial charge in [-0.2, -0.15) is 0 Å². The highest BCUT2D eigenvalue weighted by Gasteiger charge is 2.35. The van der Waals surface area contributed by atoms with Crippen LogP contribution in [0.2, 0.25) is 0 Å². The van der Waals surface area contributed by atoms with Gasteiger partial charge in [0.05, 0.1) is 19.3 Å². The molecule has 0 aromatic heterocycles. The van der Waals surface area contributed by atoms with Crippen molar-refractivity contribution in [2.75, 3.05) is 20.3 Å². The molecule has 0 N–H and O–H groups in total. The topological polar surface area (TPSA) is 27.7 Å². The smallest absolute Gasteiger partial charge is 0.112 e. The summed E-state index contributed by atoms with van der Waals surface area (Å²) in [7, 11) is 7.32. The van der Waals surface area contributed by atoms with Gasteiger partial charge in [-0.3, -0.25) is 0 Å². The molecule has 3 atom stereocenters. The summed E-state index contributed by atoms with van der Waals surface area (Å²) in [6.07, 6.45) is -0.0325. The van der Waals surface area contributed by atoms with Crippen LogP contribution in [-0.2, 0) is 14.2 Å². The first-order chi connectivity index (χ1) is 5.57. The maximum Gasteiger partial charge on any atom is 0.112 e. The van der Waals surface area contributed by atoms with Crippen molar-refractivity contribution in [3.05, 3.63) is 0 Å². The van der Waals surface area contributed by atoms with Crippen molar-refractivity contribution in [1.82, 2.24) is 0 Å². The van der Waals surface area contributed by atoms with E-state index in [0.29, 0.717) is 13.2 Å². The third-order valence-electron chi connectivity index (χ3n) is 1.98. The van der Waals surface area contributed by atoms with Gasteiger partial charge in [-0.25, -0.2) is 0 Å². The first-order valence-corrected chi connectivity index (χ1v) is 4.11. The van der Waals surface area contributed by atoms with Gasteiger partial charge >= 0.3 is 0 Å². The summed E-state index contributed by atoms with van der Waals surface area (Å²) in [5, 5.41) is 0. The molecular formula is C8H15BO3. The van der Waals surface area contributed by atoms with Crippen molar-refractivity contribution in [1.29, 1.82) is 0 Å². The lowest BCUT2D eigenvalue weighted by Gasteiger charge is -2.40. The molecule has 1 aliphatic heterocycles. The lowest BCUT2D eigenvalue weighted by Crippen LogP contribution is -2.52. The molecule has 1 heterocycles. The molecule has 1 saturated heterocycles. The predicted molar refractivity (Wildman–Crippen MR) is 46.3 cm³/mol. The largest absolute Gasteiger partial charge is 0.382 e. The third kappa shape index (κ3) is 2.22. The summed E-state index contributed by atoms with van der Waals surface area (Å²) in [6.45, 7) is 4.88. The summed E-state index contributed by atoms with van der Waals surface area (Å²) in [4.78, 5) is 0. The number of ether oxygens (including phenoxy) is 3. The lowest BCUT2D eigenvalue weighted by molar-refractivity contribution is -0.210. The predicted octanol–water partition coefficient (Wildman–Crippen LogP) is 0.321. The first-order valence-electron chi connectivity index (χ1n) is 4.11. The van der Waals surface area contributed by atoms with Crippen molar-refractivity contribution in [3.63, 3.8) is 0 Å². The summed E-state index contributed by atoms with van der Waals surface area (Å²) < 4.78 is 16.0. The summed E-state index contributed by atoms with van der Waals surface area (Å²) >= 11 is 0. The zero-order chi connectivity index (χ0) is 9.19. The molecule has 0 aromatic carbocycles. The SMILES string of the molecule is [B][C@@H]1O[C@](C)(COC)COC1C. The number of hydrogen-bond donors (Lipinski definition) is 0. The molecule has 0 aliphatic carbocycles. The minimum Gasteiger partial charge on any atom is -0.382 e. The molecule has 4 heteroatoms. The second-order valence-corrected chi connectivity index (χ2v) is 3.48.